The van der Waals surface area contributed by atoms with Crippen molar-refractivity contribution in [3.63, 3.8) is 0 Å². The van der Waals surface area contributed by atoms with Crippen molar-refractivity contribution in [2.24, 2.45) is 10.4 Å². The number of Topliss-reactive ketones (excluding diaryl/α,β-unsaturated/α-hetero) is 1. The van der Waals surface area contributed by atoms with E-state index in [-0.39, 0.29) is 17.4 Å². The Kier molecular flexibility index (Phi) is 5.15. The molecule has 0 N–H and O–H groups in total. The summed E-state index contributed by atoms with van der Waals surface area (Å²) in [5.74, 6) is 0.245. The lowest BCUT2D eigenvalue weighted by molar-refractivity contribution is -0.125. The zero-order chi connectivity index (χ0) is 12.2. The number of hydrogen-bond acceptors (Lipinski definition) is 3. The van der Waals surface area contributed by atoms with Gasteiger partial charge in [0.05, 0.1) is 6.17 Å². The Hall–Kier alpha value is -0.700. The topological polar surface area (TPSA) is 32.7 Å². The van der Waals surface area contributed by atoms with Gasteiger partial charge in [-0.15, -0.1) is 0 Å². The Labute approximate surface area is 93.6 Å². The van der Waals surface area contributed by atoms with Crippen molar-refractivity contribution in [3.8, 4) is 0 Å². The number of rotatable bonds is 4. The minimum absolute atomic E-state index is 0.137. The Balaban J connectivity index is 4.37. The van der Waals surface area contributed by atoms with Crippen molar-refractivity contribution in [2.75, 3.05) is 14.1 Å². The van der Waals surface area contributed by atoms with Gasteiger partial charge in [-0.3, -0.25) is 14.7 Å². The highest BCUT2D eigenvalue weighted by atomic mass is 16.1. The van der Waals surface area contributed by atoms with Gasteiger partial charge in [-0.05, 0) is 27.9 Å². The van der Waals surface area contributed by atoms with Gasteiger partial charge in [0, 0.05) is 17.5 Å². The van der Waals surface area contributed by atoms with Crippen LogP contribution in [0.2, 0.25) is 0 Å². The van der Waals surface area contributed by atoms with Crippen LogP contribution in [0.15, 0.2) is 4.99 Å². The van der Waals surface area contributed by atoms with Gasteiger partial charge < -0.3 is 0 Å². The van der Waals surface area contributed by atoms with Crippen LogP contribution < -0.4 is 0 Å². The second kappa shape index (κ2) is 5.40. The van der Waals surface area contributed by atoms with Gasteiger partial charge in [0.25, 0.3) is 0 Å². The van der Waals surface area contributed by atoms with Crippen molar-refractivity contribution in [1.82, 2.24) is 4.90 Å². The summed E-state index contributed by atoms with van der Waals surface area (Å²) in [5.41, 5.74) is 0.647. The normalized spacial score (nSPS) is 15.6. The lowest BCUT2D eigenvalue weighted by atomic mass is 9.88. The fourth-order valence-corrected chi connectivity index (χ4v) is 0.978. The van der Waals surface area contributed by atoms with E-state index in [0.29, 0.717) is 6.42 Å². The van der Waals surface area contributed by atoms with Crippen LogP contribution in [0.5, 0.6) is 0 Å². The monoisotopic (exact) mass is 212 g/mol. The molecule has 0 amide bonds. The number of hydrogen-bond donors (Lipinski definition) is 0. The molecule has 0 aliphatic carbocycles. The number of carbonyl (C=O) groups is 1. The maximum Gasteiger partial charge on any atom is 0.143 e. The molecule has 0 aromatic rings. The Morgan fingerprint density at radius 2 is 1.80 bits per heavy atom. The molecule has 0 saturated heterocycles. The van der Waals surface area contributed by atoms with E-state index in [1.54, 1.807) is 0 Å². The van der Waals surface area contributed by atoms with Gasteiger partial charge in [-0.2, -0.15) is 0 Å². The minimum Gasteiger partial charge on any atom is -0.299 e. The number of nitrogens with zero attached hydrogens (tertiary/aromatic N) is 2. The highest BCUT2D eigenvalue weighted by molar-refractivity contribution is 6.02. The lowest BCUT2D eigenvalue weighted by Crippen LogP contribution is -2.26. The Bertz CT molecular complexity index is 249. The second-order valence-corrected chi connectivity index (χ2v) is 5.31. The molecule has 0 spiro atoms. The molecule has 0 aromatic heterocycles. The van der Waals surface area contributed by atoms with E-state index in [1.165, 1.54) is 0 Å². The molecule has 0 aromatic carbocycles. The molecule has 3 heteroatoms. The van der Waals surface area contributed by atoms with E-state index in [0.717, 1.165) is 5.71 Å². The van der Waals surface area contributed by atoms with Gasteiger partial charge in [-0.25, -0.2) is 0 Å². The SMILES string of the molecule is CC(CC(=O)C(C)(C)C)=NC(C)N(C)C. The number of aliphatic imine (C=N–C) groups is 1. The first kappa shape index (κ1) is 14.3. The first-order valence-corrected chi connectivity index (χ1v) is 5.37. The molecule has 0 saturated carbocycles. The standard InChI is InChI=1S/C12H24N2O/c1-9(13-10(2)14(6)7)8-11(15)12(3,4)5/h10H,8H2,1-7H3. The predicted molar refractivity (Wildman–Crippen MR) is 65.3 cm³/mol. The summed E-state index contributed by atoms with van der Waals surface area (Å²) < 4.78 is 0. The summed E-state index contributed by atoms with van der Waals surface area (Å²) in [7, 11) is 3.96. The van der Waals surface area contributed by atoms with Crippen molar-refractivity contribution in [1.29, 1.82) is 0 Å². The van der Waals surface area contributed by atoms with E-state index in [9.17, 15) is 4.79 Å². The van der Waals surface area contributed by atoms with E-state index < -0.39 is 0 Å². The minimum atomic E-state index is -0.266. The average molecular weight is 212 g/mol. The molecule has 0 aliphatic rings. The van der Waals surface area contributed by atoms with Crippen LogP contribution in [-0.2, 0) is 4.79 Å². The van der Waals surface area contributed by atoms with E-state index >= 15 is 0 Å². The molecule has 0 fully saturated rings. The molecular formula is C12H24N2O. The lowest BCUT2D eigenvalue weighted by Gasteiger charge is -2.19. The number of ketones is 1. The molecule has 0 bridgehead atoms. The number of carbonyl (C=O) groups excluding carboxylic acids is 1. The summed E-state index contributed by atoms with van der Waals surface area (Å²) in [6, 6.07) is 0. The first-order chi connectivity index (χ1) is 6.64. The van der Waals surface area contributed by atoms with Crippen molar-refractivity contribution >= 4 is 11.5 Å². The van der Waals surface area contributed by atoms with Gasteiger partial charge in [0.1, 0.15) is 5.78 Å². The van der Waals surface area contributed by atoms with Gasteiger partial charge in [-0.1, -0.05) is 20.8 Å². The molecule has 1 atom stereocenters. The quantitative estimate of drug-likeness (QED) is 0.670. The van der Waals surface area contributed by atoms with Gasteiger partial charge in [0.2, 0.25) is 0 Å². The van der Waals surface area contributed by atoms with Crippen molar-refractivity contribution in [2.45, 2.75) is 47.2 Å². The van der Waals surface area contributed by atoms with Crippen LogP contribution in [0.1, 0.15) is 41.0 Å². The third-order valence-electron chi connectivity index (χ3n) is 2.41. The maximum atomic E-state index is 11.7. The Morgan fingerprint density at radius 1 is 1.33 bits per heavy atom. The van der Waals surface area contributed by atoms with Crippen molar-refractivity contribution in [3.05, 3.63) is 0 Å². The highest BCUT2D eigenvalue weighted by Crippen LogP contribution is 2.17. The fraction of sp³-hybridized carbons (Fsp3) is 0.833. The van der Waals surface area contributed by atoms with Crippen molar-refractivity contribution < 1.29 is 4.79 Å². The fourth-order valence-electron chi connectivity index (χ4n) is 0.978. The molecule has 0 rings (SSSR count). The summed E-state index contributed by atoms with van der Waals surface area (Å²) in [6.07, 6.45) is 0.597. The van der Waals surface area contributed by atoms with Gasteiger partial charge in [0.15, 0.2) is 0 Å². The highest BCUT2D eigenvalue weighted by Gasteiger charge is 2.21. The van der Waals surface area contributed by atoms with Crippen LogP contribution in [0.4, 0.5) is 0 Å². The average Bonchev–Trinajstić information content (AvgIpc) is 2.01. The zero-order valence-corrected chi connectivity index (χ0v) is 11.1. The van der Waals surface area contributed by atoms with Crippen LogP contribution in [-0.4, -0.2) is 36.7 Å². The summed E-state index contributed by atoms with van der Waals surface area (Å²) >= 11 is 0. The molecule has 0 aliphatic heterocycles. The summed E-state index contributed by atoms with van der Waals surface area (Å²) in [4.78, 5) is 18.2. The third kappa shape index (κ3) is 5.67. The van der Waals surface area contributed by atoms with Gasteiger partial charge >= 0.3 is 0 Å². The smallest absolute Gasteiger partial charge is 0.143 e. The Morgan fingerprint density at radius 3 is 2.13 bits per heavy atom. The van der Waals surface area contributed by atoms with Crippen LogP contribution in [0.3, 0.4) is 0 Å². The molecule has 1 unspecified atom stereocenters. The predicted octanol–water partition coefficient (Wildman–Crippen LogP) is 2.36. The molecule has 0 radical (unpaired) electrons. The first-order valence-electron chi connectivity index (χ1n) is 5.37. The van der Waals surface area contributed by atoms with E-state index in [4.69, 9.17) is 0 Å². The third-order valence-corrected chi connectivity index (χ3v) is 2.41. The zero-order valence-electron chi connectivity index (χ0n) is 11.1. The second-order valence-electron chi connectivity index (χ2n) is 5.31. The molecule has 3 nitrogen and oxygen atoms in total. The maximum absolute atomic E-state index is 11.7. The molecule has 88 valence electrons. The van der Waals surface area contributed by atoms with E-state index in [2.05, 4.69) is 4.99 Å². The summed E-state index contributed by atoms with van der Waals surface area (Å²) in [5, 5.41) is 0. The van der Waals surface area contributed by atoms with Crippen LogP contribution in [0.25, 0.3) is 0 Å². The van der Waals surface area contributed by atoms with E-state index in [1.807, 2.05) is 53.6 Å². The molecule has 0 heterocycles. The summed E-state index contributed by atoms with van der Waals surface area (Å²) in [6.45, 7) is 9.77. The van der Waals surface area contributed by atoms with Crippen LogP contribution in [0, 0.1) is 5.41 Å². The largest absolute Gasteiger partial charge is 0.299 e. The molecular weight excluding hydrogens is 188 g/mol. The molecule has 15 heavy (non-hydrogen) atoms. The van der Waals surface area contributed by atoms with Crippen LogP contribution >= 0.6 is 0 Å².